The van der Waals surface area contributed by atoms with Gasteiger partial charge >= 0.3 is 166 Å². The molecule has 3 heteroatoms. The molecule has 2 nitrogen and oxygen atoms in total. The minimum atomic E-state index is 0.924. The molecule has 0 N–H and O–H groups in total. The molecule has 0 saturated carbocycles. The summed E-state index contributed by atoms with van der Waals surface area (Å²) in [6.45, 7) is 13.6. The average Bonchev–Trinajstić information content (AvgIpc) is 3.59. The van der Waals surface area contributed by atoms with E-state index in [1.807, 2.05) is 14.4 Å². The predicted molar refractivity (Wildman–Crippen MR) is 278 cm³/mol. The minimum Gasteiger partial charge on any atom is -0.0654 e. The van der Waals surface area contributed by atoms with Crippen LogP contribution < -0.4 is 0 Å². The van der Waals surface area contributed by atoms with Crippen LogP contribution in [-0.2, 0) is 27.3 Å². The fraction of sp³-hybridized carbons (Fsp3) is 0.733. The van der Waals surface area contributed by atoms with E-state index in [4.69, 9.17) is 0 Å². The second-order valence-corrected chi connectivity index (χ2v) is 20.5. The van der Waals surface area contributed by atoms with Gasteiger partial charge < -0.3 is 5.53 Å². The van der Waals surface area contributed by atoms with Gasteiger partial charge in [0.15, 0.2) is 0 Å². The molecule has 0 fully saturated rings. The van der Waals surface area contributed by atoms with Crippen molar-refractivity contribution in [2.24, 2.45) is 0 Å². The Balaban J connectivity index is 0.000000441. The van der Waals surface area contributed by atoms with Crippen LogP contribution in [0, 0.1) is 0 Å². The fourth-order valence-corrected chi connectivity index (χ4v) is 10.4. The first kappa shape index (κ1) is 57.1. The topological polar surface area (TPSA) is 25.3 Å². The Morgan fingerprint density at radius 3 is 1.06 bits per heavy atom. The molecule has 63 heavy (non-hydrogen) atoms. The van der Waals surface area contributed by atoms with Crippen molar-refractivity contribution in [3.63, 3.8) is 0 Å². The van der Waals surface area contributed by atoms with E-state index in [-0.39, 0.29) is 0 Å². The molecule has 1 heterocycles. The Labute approximate surface area is 399 Å². The van der Waals surface area contributed by atoms with Crippen LogP contribution in [0.5, 0.6) is 0 Å². The number of rotatable bonds is 40. The van der Waals surface area contributed by atoms with Crippen LogP contribution in [0.2, 0.25) is 10.8 Å². The quantitative estimate of drug-likeness (QED) is 0.0362. The maximum absolute atomic E-state index is 11.7. The van der Waals surface area contributed by atoms with Gasteiger partial charge in [-0.3, -0.25) is 0 Å². The van der Waals surface area contributed by atoms with E-state index in [1.54, 1.807) is 0 Å². The van der Waals surface area contributed by atoms with Gasteiger partial charge in [0.2, 0.25) is 11.4 Å². The van der Waals surface area contributed by atoms with Crippen molar-refractivity contribution in [1.29, 1.82) is 0 Å². The van der Waals surface area contributed by atoms with Crippen LogP contribution in [0.15, 0.2) is 59.7 Å². The van der Waals surface area contributed by atoms with Gasteiger partial charge in [-0.2, -0.15) is 0 Å². The second-order valence-electron chi connectivity index (χ2n) is 19.0. The molecular formula is C60H102N2Ni. The minimum absolute atomic E-state index is 0.924. The van der Waals surface area contributed by atoms with E-state index in [1.165, 1.54) is 243 Å². The number of hydrogen-bond donors (Lipinski definition) is 0. The van der Waals surface area contributed by atoms with Gasteiger partial charge in [0.05, 0.1) is 0 Å². The Bertz CT molecular complexity index is 1440. The molecule has 0 aliphatic carbocycles. The van der Waals surface area contributed by atoms with Crippen molar-refractivity contribution in [3.05, 3.63) is 87.5 Å². The molecule has 0 radical (unpaired) electrons. The van der Waals surface area contributed by atoms with Crippen LogP contribution >= 0.6 is 0 Å². The van der Waals surface area contributed by atoms with Crippen LogP contribution in [0.4, 0.5) is 0 Å². The van der Waals surface area contributed by atoms with Crippen molar-refractivity contribution >= 4 is 11.4 Å². The molecular weight excluding hydrogens is 807 g/mol. The summed E-state index contributed by atoms with van der Waals surface area (Å²) in [4.78, 5) is 0. The number of unbranched alkanes of at least 4 members (excludes halogenated alkanes) is 27. The summed E-state index contributed by atoms with van der Waals surface area (Å²) < 4.78 is 1.52. The third kappa shape index (κ3) is 26.1. The predicted octanol–water partition coefficient (Wildman–Crippen LogP) is 21.2. The number of allylic oxidation sites excluding steroid dienone is 2. The first-order chi connectivity index (χ1) is 31.1. The van der Waals surface area contributed by atoms with Crippen molar-refractivity contribution in [2.75, 3.05) is 0 Å². The third-order valence-electron chi connectivity index (χ3n) is 13.2. The summed E-state index contributed by atoms with van der Waals surface area (Å²) in [5.41, 5.74) is 21.3. The summed E-state index contributed by atoms with van der Waals surface area (Å²) in [5, 5.41) is 2.87. The Hall–Kier alpha value is -1.99. The summed E-state index contributed by atoms with van der Waals surface area (Å²) >= 11 is 2.04. The molecule has 0 atom stereocenters. The van der Waals surface area contributed by atoms with E-state index in [2.05, 4.69) is 90.1 Å². The van der Waals surface area contributed by atoms with Gasteiger partial charge in [-0.15, -0.1) is 0 Å². The van der Waals surface area contributed by atoms with Gasteiger partial charge in [-0.25, -0.2) is 4.70 Å². The first-order valence-electron chi connectivity index (χ1n) is 27.6. The molecule has 362 valence electrons. The van der Waals surface area contributed by atoms with E-state index in [0.717, 1.165) is 48.2 Å². The third-order valence-corrected chi connectivity index (χ3v) is 14.6. The van der Waals surface area contributed by atoms with Gasteiger partial charge in [0.1, 0.15) is 0 Å². The summed E-state index contributed by atoms with van der Waals surface area (Å²) in [5.74, 6) is 0. The van der Waals surface area contributed by atoms with E-state index in [0.29, 0.717) is 0 Å². The zero-order valence-corrected chi connectivity index (χ0v) is 43.7. The molecule has 0 unspecified atom stereocenters. The van der Waals surface area contributed by atoms with Crippen LogP contribution in [0.3, 0.4) is 0 Å². The molecule has 1 aliphatic rings. The van der Waals surface area contributed by atoms with Crippen LogP contribution in [-0.4, -0.2) is 4.70 Å². The van der Waals surface area contributed by atoms with E-state index < -0.39 is 0 Å². The maximum atomic E-state index is 11.7. The van der Waals surface area contributed by atoms with Gasteiger partial charge in [-0.1, -0.05) is 111 Å². The number of nitrogens with zero attached hydrogens (tertiary/aromatic N) is 2. The molecule has 2 aromatic carbocycles. The van der Waals surface area contributed by atoms with Gasteiger partial charge in [-0.05, 0) is 80.3 Å². The smallest absolute Gasteiger partial charge is 0.0654 e. The second kappa shape index (κ2) is 40.3. The summed E-state index contributed by atoms with van der Waals surface area (Å²) in [6.07, 6.45) is 49.1. The standard InChI is InChI=1S/C32H44N2.2C14H29.Ni/c1-5-9-12-13-22-30-29(8-4)31(27-20-14-18-25(23-27)16-10-6-2)34(33)32(30)28-21-15-19-26(24-28)17-11-7-3;2*1-3-5-7-9-11-13-14-12-10-8-6-4-2;/h14-15,18-21,23-24H,5-13,16-17,22H2,1-4H3;2*1,3-14H2,2H3;. The Morgan fingerprint density at radius 2 is 0.698 bits per heavy atom. The molecule has 0 spiro atoms. The molecule has 0 saturated heterocycles. The summed E-state index contributed by atoms with van der Waals surface area (Å²) in [6, 6.07) is 17.7. The Morgan fingerprint density at radius 1 is 0.365 bits per heavy atom. The fourth-order valence-electron chi connectivity index (χ4n) is 9.21. The molecule has 2 aromatic rings. The molecule has 3 rings (SSSR count). The van der Waals surface area contributed by atoms with E-state index in [9.17, 15) is 5.53 Å². The normalized spacial score (nSPS) is 12.8. The summed E-state index contributed by atoms with van der Waals surface area (Å²) in [7, 11) is 0. The molecule has 0 aromatic heterocycles. The van der Waals surface area contributed by atoms with E-state index >= 15 is 0 Å². The first-order valence-corrected chi connectivity index (χ1v) is 29.0. The molecule has 0 bridgehead atoms. The Kier molecular flexibility index (Phi) is 36.6. The SMILES string of the molecule is CCCCCCC1=C(c2cccc(CCCC)c2)[N+](=[N-])C(c2cccc(CCCC)c2)=C1CC.CCCCCCCCCCCCC[CH2][Ni][CH2]CCCCCCCCCCCCC. The zero-order valence-electron chi connectivity index (χ0n) is 42.7. The van der Waals surface area contributed by atoms with Gasteiger partial charge in [0.25, 0.3) is 0 Å². The zero-order chi connectivity index (χ0) is 45.4. The van der Waals surface area contributed by atoms with Crippen LogP contribution in [0.1, 0.15) is 282 Å². The number of benzene rings is 2. The average molecular weight is 910 g/mol. The number of hydrogen-bond acceptors (Lipinski definition) is 0. The molecule has 1 aliphatic heterocycles. The van der Waals surface area contributed by atoms with Crippen molar-refractivity contribution < 1.29 is 19.1 Å². The van der Waals surface area contributed by atoms with Crippen molar-refractivity contribution in [3.8, 4) is 0 Å². The molecule has 0 amide bonds. The van der Waals surface area contributed by atoms with Crippen LogP contribution in [0.25, 0.3) is 16.9 Å². The number of aryl methyl sites for hydroxylation is 2. The van der Waals surface area contributed by atoms with Gasteiger partial charge in [0, 0.05) is 22.3 Å². The van der Waals surface area contributed by atoms with Crippen molar-refractivity contribution in [1.82, 2.24) is 0 Å². The monoisotopic (exact) mass is 909 g/mol. The van der Waals surface area contributed by atoms with Crippen molar-refractivity contribution in [2.45, 2.75) is 283 Å².